The molecule has 4 heteroatoms. The Bertz CT molecular complexity index is 393. The number of methoxy groups -OCH3 is 2. The summed E-state index contributed by atoms with van der Waals surface area (Å²) in [7, 11) is 5.44. The predicted molar refractivity (Wildman–Crippen MR) is 77.2 cm³/mol. The van der Waals surface area contributed by atoms with E-state index in [2.05, 4.69) is 11.9 Å². The Morgan fingerprint density at radius 3 is 2.37 bits per heavy atom. The number of benzene rings is 1. The standard InChI is InChI=1S/C15H25NO3/c1-12-10-15(19-4)13(11-14(12)18-3)6-8-16(2)7-5-9-17/h10-11,17H,5-9H2,1-4H3. The highest BCUT2D eigenvalue weighted by molar-refractivity contribution is 5.46. The van der Waals surface area contributed by atoms with Gasteiger partial charge in [0, 0.05) is 19.7 Å². The number of rotatable bonds is 8. The van der Waals surface area contributed by atoms with Crippen molar-refractivity contribution in [2.75, 3.05) is 41.0 Å². The number of likely N-dealkylation sites (N-methyl/N-ethyl adjacent to an activating group) is 1. The number of aliphatic hydroxyl groups excluding tert-OH is 1. The normalized spacial score (nSPS) is 10.8. The zero-order valence-electron chi connectivity index (χ0n) is 12.4. The molecule has 0 atom stereocenters. The second-order valence-electron chi connectivity index (χ2n) is 4.76. The van der Waals surface area contributed by atoms with Crippen LogP contribution in [0.3, 0.4) is 0 Å². The number of hydrogen-bond acceptors (Lipinski definition) is 4. The van der Waals surface area contributed by atoms with E-state index in [0.717, 1.165) is 48.6 Å². The van der Waals surface area contributed by atoms with Gasteiger partial charge in [-0.3, -0.25) is 0 Å². The Labute approximate surface area is 115 Å². The predicted octanol–water partition coefficient (Wildman–Crippen LogP) is 1.87. The first-order valence-electron chi connectivity index (χ1n) is 6.63. The largest absolute Gasteiger partial charge is 0.496 e. The Kier molecular flexibility index (Phi) is 6.67. The minimum atomic E-state index is 0.242. The lowest BCUT2D eigenvalue weighted by atomic mass is 10.1. The molecule has 19 heavy (non-hydrogen) atoms. The number of nitrogens with zero attached hydrogens (tertiary/aromatic N) is 1. The van der Waals surface area contributed by atoms with Gasteiger partial charge in [0.2, 0.25) is 0 Å². The van der Waals surface area contributed by atoms with Gasteiger partial charge in [-0.05, 0) is 50.1 Å². The highest BCUT2D eigenvalue weighted by Gasteiger charge is 2.09. The lowest BCUT2D eigenvalue weighted by molar-refractivity contribution is 0.248. The third-order valence-corrected chi connectivity index (χ3v) is 3.26. The fourth-order valence-corrected chi connectivity index (χ4v) is 2.07. The zero-order valence-corrected chi connectivity index (χ0v) is 12.4. The summed E-state index contributed by atoms with van der Waals surface area (Å²) in [6.07, 6.45) is 1.71. The maximum absolute atomic E-state index is 8.82. The van der Waals surface area contributed by atoms with Gasteiger partial charge in [0.05, 0.1) is 14.2 Å². The number of hydrogen-bond donors (Lipinski definition) is 1. The van der Waals surface area contributed by atoms with Crippen molar-refractivity contribution >= 4 is 0 Å². The van der Waals surface area contributed by atoms with Gasteiger partial charge >= 0.3 is 0 Å². The van der Waals surface area contributed by atoms with Crippen molar-refractivity contribution in [2.45, 2.75) is 19.8 Å². The Morgan fingerprint density at radius 2 is 1.79 bits per heavy atom. The topological polar surface area (TPSA) is 41.9 Å². The van der Waals surface area contributed by atoms with E-state index in [0.29, 0.717) is 0 Å². The number of aliphatic hydroxyl groups is 1. The quantitative estimate of drug-likeness (QED) is 0.781. The molecule has 1 N–H and O–H groups in total. The van der Waals surface area contributed by atoms with Gasteiger partial charge in [-0.25, -0.2) is 0 Å². The van der Waals surface area contributed by atoms with Crippen LogP contribution in [0, 0.1) is 6.92 Å². The maximum atomic E-state index is 8.82. The van der Waals surface area contributed by atoms with Crippen LogP contribution in [0.15, 0.2) is 12.1 Å². The first-order chi connectivity index (χ1) is 9.12. The highest BCUT2D eigenvalue weighted by Crippen LogP contribution is 2.28. The van der Waals surface area contributed by atoms with Crippen molar-refractivity contribution in [3.63, 3.8) is 0 Å². The molecule has 0 radical (unpaired) electrons. The van der Waals surface area contributed by atoms with Crippen LogP contribution < -0.4 is 9.47 Å². The van der Waals surface area contributed by atoms with Crippen LogP contribution >= 0.6 is 0 Å². The molecular formula is C15H25NO3. The second kappa shape index (κ2) is 8.02. The smallest absolute Gasteiger partial charge is 0.122 e. The molecule has 0 heterocycles. The van der Waals surface area contributed by atoms with Crippen molar-refractivity contribution in [2.24, 2.45) is 0 Å². The van der Waals surface area contributed by atoms with E-state index in [9.17, 15) is 0 Å². The number of aryl methyl sites for hydroxylation is 1. The summed E-state index contributed by atoms with van der Waals surface area (Å²) < 4.78 is 10.8. The maximum Gasteiger partial charge on any atom is 0.122 e. The third-order valence-electron chi connectivity index (χ3n) is 3.26. The van der Waals surface area contributed by atoms with Crippen molar-refractivity contribution in [1.29, 1.82) is 0 Å². The molecule has 0 spiro atoms. The average molecular weight is 267 g/mol. The van der Waals surface area contributed by atoms with Gasteiger partial charge < -0.3 is 19.5 Å². The summed E-state index contributed by atoms with van der Waals surface area (Å²) in [6, 6.07) is 4.07. The zero-order chi connectivity index (χ0) is 14.3. The van der Waals surface area contributed by atoms with Crippen LogP contribution in [-0.2, 0) is 6.42 Å². The lowest BCUT2D eigenvalue weighted by Crippen LogP contribution is -2.23. The molecule has 0 aliphatic carbocycles. The first kappa shape index (κ1) is 15.8. The van der Waals surface area contributed by atoms with E-state index in [-0.39, 0.29) is 6.61 Å². The SMILES string of the molecule is COc1cc(CCN(C)CCCO)c(OC)cc1C. The van der Waals surface area contributed by atoms with Crippen molar-refractivity contribution in [3.05, 3.63) is 23.3 Å². The number of ether oxygens (including phenoxy) is 2. The molecule has 4 nitrogen and oxygen atoms in total. The van der Waals surface area contributed by atoms with Crippen molar-refractivity contribution in [1.82, 2.24) is 4.90 Å². The van der Waals surface area contributed by atoms with Gasteiger partial charge in [0.1, 0.15) is 11.5 Å². The van der Waals surface area contributed by atoms with Crippen LogP contribution in [0.4, 0.5) is 0 Å². The Balaban J connectivity index is 2.70. The monoisotopic (exact) mass is 267 g/mol. The fraction of sp³-hybridized carbons (Fsp3) is 0.600. The fourth-order valence-electron chi connectivity index (χ4n) is 2.07. The Morgan fingerprint density at radius 1 is 1.11 bits per heavy atom. The minimum absolute atomic E-state index is 0.242. The molecule has 0 unspecified atom stereocenters. The molecule has 108 valence electrons. The van der Waals surface area contributed by atoms with Crippen LogP contribution in [0.5, 0.6) is 11.5 Å². The molecule has 0 aliphatic heterocycles. The van der Waals surface area contributed by atoms with Gasteiger partial charge in [0.25, 0.3) is 0 Å². The molecule has 0 saturated carbocycles. The summed E-state index contributed by atoms with van der Waals surface area (Å²) >= 11 is 0. The molecule has 0 aromatic heterocycles. The van der Waals surface area contributed by atoms with E-state index in [1.807, 2.05) is 19.1 Å². The second-order valence-corrected chi connectivity index (χ2v) is 4.76. The van der Waals surface area contributed by atoms with Gasteiger partial charge in [-0.1, -0.05) is 0 Å². The van der Waals surface area contributed by atoms with E-state index >= 15 is 0 Å². The third kappa shape index (κ3) is 4.73. The molecule has 1 rings (SSSR count). The van der Waals surface area contributed by atoms with Crippen molar-refractivity contribution < 1.29 is 14.6 Å². The van der Waals surface area contributed by atoms with Gasteiger partial charge in [-0.15, -0.1) is 0 Å². The minimum Gasteiger partial charge on any atom is -0.496 e. The average Bonchev–Trinajstić information content (AvgIpc) is 2.43. The van der Waals surface area contributed by atoms with E-state index < -0.39 is 0 Å². The summed E-state index contributed by atoms with van der Waals surface area (Å²) in [6.45, 7) is 4.09. The van der Waals surface area contributed by atoms with E-state index in [1.165, 1.54) is 0 Å². The molecule has 1 aromatic rings. The molecular weight excluding hydrogens is 242 g/mol. The molecule has 1 aromatic carbocycles. The molecule has 0 bridgehead atoms. The van der Waals surface area contributed by atoms with Crippen molar-refractivity contribution in [3.8, 4) is 11.5 Å². The molecule has 0 fully saturated rings. The van der Waals surface area contributed by atoms with Crippen LogP contribution in [0.1, 0.15) is 17.5 Å². The summed E-state index contributed by atoms with van der Waals surface area (Å²) in [5.74, 6) is 1.81. The molecule has 0 saturated heterocycles. The van der Waals surface area contributed by atoms with E-state index in [1.54, 1.807) is 14.2 Å². The van der Waals surface area contributed by atoms with Gasteiger partial charge in [0.15, 0.2) is 0 Å². The summed E-state index contributed by atoms with van der Waals surface area (Å²) in [5.41, 5.74) is 2.23. The molecule has 0 aliphatic rings. The van der Waals surface area contributed by atoms with Crippen LogP contribution in [0.25, 0.3) is 0 Å². The highest BCUT2D eigenvalue weighted by atomic mass is 16.5. The Hall–Kier alpha value is -1.26. The first-order valence-corrected chi connectivity index (χ1v) is 6.63. The summed E-state index contributed by atoms with van der Waals surface area (Å²) in [5, 5.41) is 8.82. The molecule has 0 amide bonds. The van der Waals surface area contributed by atoms with Crippen LogP contribution in [0.2, 0.25) is 0 Å². The van der Waals surface area contributed by atoms with E-state index in [4.69, 9.17) is 14.6 Å². The summed E-state index contributed by atoms with van der Waals surface area (Å²) in [4.78, 5) is 2.21. The van der Waals surface area contributed by atoms with Crippen LogP contribution in [-0.4, -0.2) is 51.0 Å². The van der Waals surface area contributed by atoms with Gasteiger partial charge in [-0.2, -0.15) is 0 Å². The lowest BCUT2D eigenvalue weighted by Gasteiger charge is -2.18.